The number of benzene rings is 1. The molecule has 0 radical (unpaired) electrons. The molecule has 8 heteroatoms. The fraction of sp³-hybridized carbons (Fsp3) is 0.455. The lowest BCUT2D eigenvalue weighted by atomic mass is 10.2. The quantitative estimate of drug-likeness (QED) is 0.869. The fourth-order valence-corrected chi connectivity index (χ4v) is 5.98. The Labute approximate surface area is 121 Å². The lowest BCUT2D eigenvalue weighted by Gasteiger charge is -2.12. The van der Waals surface area contributed by atoms with Crippen LogP contribution in [0.3, 0.4) is 0 Å². The molecular formula is C11H14BrNO4S2. The van der Waals surface area contributed by atoms with E-state index >= 15 is 0 Å². The van der Waals surface area contributed by atoms with Gasteiger partial charge in [-0.05, 0) is 40.9 Å². The van der Waals surface area contributed by atoms with Gasteiger partial charge in [0.2, 0.25) is 10.0 Å². The van der Waals surface area contributed by atoms with Crippen LogP contribution in [0.5, 0.6) is 0 Å². The molecule has 1 aliphatic heterocycles. The van der Waals surface area contributed by atoms with Crippen LogP contribution in [0.25, 0.3) is 0 Å². The molecule has 1 unspecified atom stereocenters. The average molecular weight is 368 g/mol. The third kappa shape index (κ3) is 3.36. The van der Waals surface area contributed by atoms with Crippen molar-refractivity contribution in [3.05, 3.63) is 28.7 Å². The molecule has 106 valence electrons. The highest BCUT2D eigenvalue weighted by molar-refractivity contribution is 9.10. The van der Waals surface area contributed by atoms with Gasteiger partial charge in [0.1, 0.15) is 0 Å². The van der Waals surface area contributed by atoms with Crippen molar-refractivity contribution in [2.24, 2.45) is 0 Å². The van der Waals surface area contributed by atoms with E-state index in [0.29, 0.717) is 17.3 Å². The third-order valence-electron chi connectivity index (χ3n) is 3.09. The molecule has 19 heavy (non-hydrogen) atoms. The lowest BCUT2D eigenvalue weighted by Crippen LogP contribution is -2.34. The van der Waals surface area contributed by atoms with Crippen LogP contribution in [0.2, 0.25) is 0 Å². The van der Waals surface area contributed by atoms with Crippen LogP contribution in [-0.2, 0) is 19.9 Å². The van der Waals surface area contributed by atoms with E-state index in [4.69, 9.17) is 0 Å². The van der Waals surface area contributed by atoms with Crippen LogP contribution in [0.4, 0.5) is 0 Å². The molecule has 1 heterocycles. The molecule has 0 aliphatic carbocycles. The summed E-state index contributed by atoms with van der Waals surface area (Å²) < 4.78 is 50.3. The molecule has 0 spiro atoms. The zero-order valence-electron chi connectivity index (χ0n) is 10.0. The molecule has 0 aromatic heterocycles. The Kier molecular flexibility index (Phi) is 4.34. The van der Waals surface area contributed by atoms with Gasteiger partial charge >= 0.3 is 0 Å². The molecular weight excluding hydrogens is 354 g/mol. The van der Waals surface area contributed by atoms with Crippen LogP contribution in [0.15, 0.2) is 33.6 Å². The van der Waals surface area contributed by atoms with E-state index in [1.165, 1.54) is 6.07 Å². The second kappa shape index (κ2) is 5.51. The lowest BCUT2D eigenvalue weighted by molar-refractivity contribution is 0.570. The minimum absolute atomic E-state index is 0.0635. The zero-order valence-corrected chi connectivity index (χ0v) is 13.3. The minimum Gasteiger partial charge on any atom is -0.229 e. The Balaban J connectivity index is 2.13. The van der Waals surface area contributed by atoms with Crippen LogP contribution >= 0.6 is 15.9 Å². The Bertz CT molecular complexity index is 670. The van der Waals surface area contributed by atoms with Gasteiger partial charge in [0.25, 0.3) is 0 Å². The Morgan fingerprint density at radius 3 is 2.58 bits per heavy atom. The summed E-state index contributed by atoms with van der Waals surface area (Å²) in [5, 5.41) is -0.607. The van der Waals surface area contributed by atoms with Gasteiger partial charge in [0.15, 0.2) is 9.84 Å². The molecule has 1 aromatic rings. The highest BCUT2D eigenvalue weighted by Crippen LogP contribution is 2.23. The predicted octanol–water partition coefficient (Wildman–Crippen LogP) is 1.30. The summed E-state index contributed by atoms with van der Waals surface area (Å²) >= 11 is 3.17. The van der Waals surface area contributed by atoms with Crippen molar-refractivity contribution in [3.63, 3.8) is 0 Å². The zero-order chi connectivity index (χ0) is 14.1. The smallest absolute Gasteiger partial charge is 0.229 e. The summed E-state index contributed by atoms with van der Waals surface area (Å²) in [5.74, 6) is 0.147. The normalized spacial score (nSPS) is 22.5. The summed E-state index contributed by atoms with van der Waals surface area (Å²) in [6.07, 6.45) is 1.12. The topological polar surface area (TPSA) is 80.3 Å². The average Bonchev–Trinajstić information content (AvgIpc) is 2.66. The van der Waals surface area contributed by atoms with Crippen molar-refractivity contribution < 1.29 is 16.8 Å². The number of nitrogens with one attached hydrogen (secondary N) is 1. The van der Waals surface area contributed by atoms with Crippen LogP contribution in [-0.4, -0.2) is 34.4 Å². The first-order valence-electron chi connectivity index (χ1n) is 5.79. The van der Waals surface area contributed by atoms with Crippen molar-refractivity contribution in [1.82, 2.24) is 4.72 Å². The van der Waals surface area contributed by atoms with Crippen molar-refractivity contribution in [2.75, 3.05) is 12.3 Å². The van der Waals surface area contributed by atoms with E-state index in [2.05, 4.69) is 20.7 Å². The molecule has 2 rings (SSSR count). The maximum atomic E-state index is 12.1. The summed E-state index contributed by atoms with van der Waals surface area (Å²) in [5.41, 5.74) is 0. The maximum absolute atomic E-state index is 12.1. The van der Waals surface area contributed by atoms with E-state index < -0.39 is 25.1 Å². The van der Waals surface area contributed by atoms with Gasteiger partial charge in [-0.3, -0.25) is 0 Å². The van der Waals surface area contributed by atoms with Gasteiger partial charge in [-0.2, -0.15) is 0 Å². The van der Waals surface area contributed by atoms with Crippen molar-refractivity contribution >= 4 is 35.8 Å². The molecule has 1 aromatic carbocycles. The van der Waals surface area contributed by atoms with Gasteiger partial charge in [0, 0.05) is 11.0 Å². The summed E-state index contributed by atoms with van der Waals surface area (Å²) in [7, 11) is -6.83. The molecule has 0 bridgehead atoms. The van der Waals surface area contributed by atoms with E-state index in [0.717, 1.165) is 0 Å². The Morgan fingerprint density at radius 1 is 1.32 bits per heavy atom. The third-order valence-corrected chi connectivity index (χ3v) is 7.80. The fourth-order valence-electron chi connectivity index (χ4n) is 2.03. The van der Waals surface area contributed by atoms with Crippen molar-refractivity contribution in [3.8, 4) is 0 Å². The first-order chi connectivity index (χ1) is 8.83. The van der Waals surface area contributed by atoms with E-state index in [1.807, 2.05) is 0 Å². The SMILES string of the molecule is O=S(=O)(NCC1CCCS1(=O)=O)c1ccccc1Br. The second-order valence-electron chi connectivity index (χ2n) is 4.41. The summed E-state index contributed by atoms with van der Waals surface area (Å²) in [4.78, 5) is 0.116. The number of rotatable bonds is 4. The number of hydrogen-bond donors (Lipinski definition) is 1. The van der Waals surface area contributed by atoms with Gasteiger partial charge in [-0.25, -0.2) is 21.6 Å². The van der Waals surface area contributed by atoms with Gasteiger partial charge < -0.3 is 0 Å². The molecule has 0 amide bonds. The number of sulfone groups is 1. The molecule has 5 nitrogen and oxygen atoms in total. The Hall–Kier alpha value is -0.440. The van der Waals surface area contributed by atoms with E-state index in [-0.39, 0.29) is 17.2 Å². The highest BCUT2D eigenvalue weighted by Gasteiger charge is 2.32. The maximum Gasteiger partial charge on any atom is 0.241 e. The summed E-state index contributed by atoms with van der Waals surface area (Å²) in [6, 6.07) is 6.42. The highest BCUT2D eigenvalue weighted by atomic mass is 79.9. The van der Waals surface area contributed by atoms with Gasteiger partial charge in [-0.15, -0.1) is 0 Å². The minimum atomic E-state index is -3.69. The predicted molar refractivity (Wildman–Crippen MR) is 76.1 cm³/mol. The standard InChI is InChI=1S/C11H14BrNO4S2/c12-10-5-1-2-6-11(10)19(16,17)13-8-9-4-3-7-18(9,14)15/h1-2,5-6,9,13H,3-4,7-8H2. The van der Waals surface area contributed by atoms with E-state index in [1.54, 1.807) is 18.2 Å². The van der Waals surface area contributed by atoms with E-state index in [9.17, 15) is 16.8 Å². The number of halogens is 1. The second-order valence-corrected chi connectivity index (χ2v) is 9.40. The molecule has 1 saturated heterocycles. The van der Waals surface area contributed by atoms with Crippen LogP contribution in [0.1, 0.15) is 12.8 Å². The van der Waals surface area contributed by atoms with Crippen LogP contribution in [0, 0.1) is 0 Å². The largest absolute Gasteiger partial charge is 0.241 e. The van der Waals surface area contributed by atoms with Gasteiger partial charge in [-0.1, -0.05) is 12.1 Å². The van der Waals surface area contributed by atoms with Crippen molar-refractivity contribution in [2.45, 2.75) is 23.0 Å². The first-order valence-corrected chi connectivity index (χ1v) is 9.78. The summed E-state index contributed by atoms with van der Waals surface area (Å²) in [6.45, 7) is -0.0635. The van der Waals surface area contributed by atoms with Crippen LogP contribution < -0.4 is 4.72 Å². The van der Waals surface area contributed by atoms with Gasteiger partial charge in [0.05, 0.1) is 15.9 Å². The molecule has 1 atom stereocenters. The molecule has 0 saturated carbocycles. The molecule has 1 aliphatic rings. The monoisotopic (exact) mass is 367 g/mol. The van der Waals surface area contributed by atoms with Crippen molar-refractivity contribution in [1.29, 1.82) is 0 Å². The first kappa shape index (κ1) is 15.0. The Morgan fingerprint density at radius 2 is 2.00 bits per heavy atom. The molecule has 1 N–H and O–H groups in total. The molecule has 1 fully saturated rings. The number of hydrogen-bond acceptors (Lipinski definition) is 4. The number of sulfonamides is 1.